The van der Waals surface area contributed by atoms with Crippen molar-refractivity contribution in [2.45, 2.75) is 45.1 Å². The Morgan fingerprint density at radius 3 is 2.90 bits per heavy atom. The van der Waals surface area contributed by atoms with Crippen LogP contribution in [0.1, 0.15) is 31.0 Å². The molecule has 2 unspecified atom stereocenters. The lowest BCUT2D eigenvalue weighted by Gasteiger charge is -2.20. The Balaban J connectivity index is 1.41. The van der Waals surface area contributed by atoms with Gasteiger partial charge in [-0.05, 0) is 37.6 Å². The number of hydrogen-bond donors (Lipinski definition) is 3. The third-order valence-electron chi connectivity index (χ3n) is 4.93. The third kappa shape index (κ3) is 7.27. The van der Waals surface area contributed by atoms with Crippen LogP contribution in [0.2, 0.25) is 0 Å². The number of halogens is 1. The number of benzene rings is 1. The molecule has 168 valence electrons. The molecule has 31 heavy (non-hydrogen) atoms. The van der Waals surface area contributed by atoms with Crippen LogP contribution in [-0.4, -0.2) is 54.2 Å². The molecular weight excluding hydrogens is 421 g/mol. The van der Waals surface area contributed by atoms with Gasteiger partial charge in [-0.15, -0.1) is 11.3 Å². The topological polar surface area (TPSA) is 95.6 Å². The van der Waals surface area contributed by atoms with Gasteiger partial charge in [0.15, 0.2) is 5.13 Å². The van der Waals surface area contributed by atoms with Crippen molar-refractivity contribution in [2.24, 2.45) is 0 Å². The summed E-state index contributed by atoms with van der Waals surface area (Å²) < 4.78 is 19.1. The summed E-state index contributed by atoms with van der Waals surface area (Å²) in [6, 6.07) is 5.59. The molecule has 2 atom stereocenters. The summed E-state index contributed by atoms with van der Waals surface area (Å²) in [5.41, 5.74) is 1.31. The Hall–Kier alpha value is -2.56. The van der Waals surface area contributed by atoms with Gasteiger partial charge < -0.3 is 20.3 Å². The summed E-state index contributed by atoms with van der Waals surface area (Å²) in [6.07, 6.45) is 1.13. The average molecular weight is 450 g/mol. The van der Waals surface area contributed by atoms with Crippen molar-refractivity contribution < 1.29 is 18.7 Å². The lowest BCUT2D eigenvalue weighted by atomic mass is 10.2. The smallest absolute Gasteiger partial charge is 0.321 e. The van der Waals surface area contributed by atoms with E-state index in [-0.39, 0.29) is 30.9 Å². The van der Waals surface area contributed by atoms with Crippen molar-refractivity contribution in [3.63, 3.8) is 0 Å². The number of nitrogens with zero attached hydrogens (tertiary/aromatic N) is 2. The number of carbonyl (C=O) groups is 2. The van der Waals surface area contributed by atoms with Crippen LogP contribution in [0.25, 0.3) is 0 Å². The van der Waals surface area contributed by atoms with E-state index in [1.165, 1.54) is 23.5 Å². The van der Waals surface area contributed by atoms with Crippen LogP contribution < -0.4 is 16.0 Å². The van der Waals surface area contributed by atoms with Crippen LogP contribution >= 0.6 is 11.3 Å². The van der Waals surface area contributed by atoms with E-state index in [9.17, 15) is 14.0 Å². The minimum Gasteiger partial charge on any atom is -0.364 e. The van der Waals surface area contributed by atoms with E-state index in [1.807, 2.05) is 14.0 Å². The number of nitrogens with one attached hydrogen (secondary N) is 3. The van der Waals surface area contributed by atoms with Crippen LogP contribution in [0.15, 0.2) is 29.6 Å². The van der Waals surface area contributed by atoms with Crippen LogP contribution in [0.3, 0.4) is 0 Å². The van der Waals surface area contributed by atoms with Crippen LogP contribution in [-0.2, 0) is 22.6 Å². The largest absolute Gasteiger partial charge is 0.364 e. The van der Waals surface area contributed by atoms with Crippen LogP contribution in [0.4, 0.5) is 14.3 Å². The van der Waals surface area contributed by atoms with Gasteiger partial charge in [-0.25, -0.2) is 14.2 Å². The van der Waals surface area contributed by atoms with Crippen molar-refractivity contribution in [3.05, 3.63) is 46.7 Å². The fourth-order valence-electron chi connectivity index (χ4n) is 3.29. The number of aromatic nitrogens is 1. The van der Waals surface area contributed by atoms with Crippen LogP contribution in [0.5, 0.6) is 0 Å². The van der Waals surface area contributed by atoms with Gasteiger partial charge in [0.1, 0.15) is 11.9 Å². The van der Waals surface area contributed by atoms with Gasteiger partial charge in [-0.1, -0.05) is 19.1 Å². The molecule has 2 heterocycles. The highest BCUT2D eigenvalue weighted by molar-refractivity contribution is 7.13. The average Bonchev–Trinajstić information content (AvgIpc) is 3.37. The molecule has 0 spiro atoms. The van der Waals surface area contributed by atoms with Crippen molar-refractivity contribution in [1.29, 1.82) is 0 Å². The third-order valence-corrected chi connectivity index (χ3v) is 5.73. The number of carbonyl (C=O) groups excluding carboxylic acids is 2. The molecular formula is C21H28FN5O3S. The maximum atomic E-state index is 13.2. The zero-order valence-electron chi connectivity index (χ0n) is 17.7. The van der Waals surface area contributed by atoms with E-state index < -0.39 is 12.1 Å². The molecule has 1 aromatic heterocycles. The first-order valence-corrected chi connectivity index (χ1v) is 11.2. The van der Waals surface area contributed by atoms with Crippen molar-refractivity contribution in [3.8, 4) is 0 Å². The number of amides is 3. The molecule has 0 bridgehead atoms. The fourth-order valence-corrected chi connectivity index (χ4v) is 3.99. The molecule has 1 saturated heterocycles. The number of thiazole rings is 1. The van der Waals surface area contributed by atoms with Crippen LogP contribution in [0, 0.1) is 5.82 Å². The first-order valence-electron chi connectivity index (χ1n) is 10.3. The number of hydrogen-bond acceptors (Lipinski definition) is 6. The molecule has 1 aromatic carbocycles. The summed E-state index contributed by atoms with van der Waals surface area (Å²) in [5, 5.41) is 10.3. The molecule has 1 fully saturated rings. The van der Waals surface area contributed by atoms with E-state index >= 15 is 0 Å². The highest BCUT2D eigenvalue weighted by Gasteiger charge is 2.26. The molecule has 2 aromatic rings. The Morgan fingerprint density at radius 1 is 1.35 bits per heavy atom. The maximum Gasteiger partial charge on any atom is 0.321 e. The number of urea groups is 1. The van der Waals surface area contributed by atoms with Gasteiger partial charge in [-0.3, -0.25) is 10.1 Å². The first-order chi connectivity index (χ1) is 14.9. The molecule has 3 N–H and O–H groups in total. The van der Waals surface area contributed by atoms with Crippen molar-refractivity contribution >= 4 is 28.4 Å². The van der Waals surface area contributed by atoms with E-state index in [0.29, 0.717) is 22.8 Å². The summed E-state index contributed by atoms with van der Waals surface area (Å²) in [7, 11) is 2.04. The minimum atomic E-state index is -0.485. The number of rotatable bonds is 9. The quantitative estimate of drug-likeness (QED) is 0.547. The van der Waals surface area contributed by atoms with Gasteiger partial charge in [-0.2, -0.15) is 0 Å². The van der Waals surface area contributed by atoms with Crippen molar-refractivity contribution in [2.75, 3.05) is 25.5 Å². The highest BCUT2D eigenvalue weighted by atomic mass is 32.1. The van der Waals surface area contributed by atoms with Gasteiger partial charge in [0.25, 0.3) is 0 Å². The SMILES string of the molecule is CCC(OC1CCN(C)C1)C(=O)NCc1csc(NC(=O)NCc2cccc(F)c2)n1. The van der Waals surface area contributed by atoms with E-state index in [4.69, 9.17) is 4.74 Å². The van der Waals surface area contributed by atoms with E-state index in [0.717, 1.165) is 19.5 Å². The molecule has 3 amide bonds. The molecule has 10 heteroatoms. The summed E-state index contributed by atoms with van der Waals surface area (Å²) in [4.78, 5) is 31.0. The van der Waals surface area contributed by atoms with Crippen molar-refractivity contribution in [1.82, 2.24) is 20.5 Å². The monoisotopic (exact) mass is 449 g/mol. The predicted octanol–water partition coefficient (Wildman–Crippen LogP) is 2.72. The maximum absolute atomic E-state index is 13.2. The van der Waals surface area contributed by atoms with E-state index in [1.54, 1.807) is 17.5 Å². The second kappa shape index (κ2) is 11.2. The summed E-state index contributed by atoms with van der Waals surface area (Å²) in [6.45, 7) is 4.20. The lowest BCUT2D eigenvalue weighted by Crippen LogP contribution is -2.38. The van der Waals surface area contributed by atoms with E-state index in [2.05, 4.69) is 25.8 Å². The number of likely N-dealkylation sites (N-methyl/N-ethyl adjacent to an activating group) is 1. The van der Waals surface area contributed by atoms with Gasteiger partial charge >= 0.3 is 6.03 Å². The van der Waals surface area contributed by atoms with Gasteiger partial charge in [0.05, 0.1) is 18.3 Å². The normalized spacial score (nSPS) is 17.3. The molecule has 0 saturated carbocycles. The standard InChI is InChI=1S/C21H28FN5O3S/c1-3-18(30-17-7-8-27(2)12-17)19(28)23-11-16-13-31-21(25-16)26-20(29)24-10-14-5-4-6-15(22)9-14/h4-6,9,13,17-18H,3,7-8,10-12H2,1-2H3,(H,23,28)(H2,24,25,26,29). The Kier molecular flexibility index (Phi) is 8.33. The zero-order chi connectivity index (χ0) is 22.2. The molecule has 0 aliphatic carbocycles. The zero-order valence-corrected chi connectivity index (χ0v) is 18.5. The Labute approximate surface area is 185 Å². The second-order valence-corrected chi connectivity index (χ2v) is 8.36. The highest BCUT2D eigenvalue weighted by Crippen LogP contribution is 2.16. The molecule has 3 rings (SSSR count). The first kappa shape index (κ1) is 23.1. The van der Waals surface area contributed by atoms with Gasteiger partial charge in [0, 0.05) is 25.0 Å². The molecule has 1 aliphatic heterocycles. The summed E-state index contributed by atoms with van der Waals surface area (Å²) >= 11 is 1.26. The molecule has 0 radical (unpaired) electrons. The number of anilines is 1. The Morgan fingerprint density at radius 2 is 2.19 bits per heavy atom. The molecule has 1 aliphatic rings. The summed E-state index contributed by atoms with van der Waals surface area (Å²) in [5.74, 6) is -0.509. The number of likely N-dealkylation sites (tertiary alicyclic amines) is 1. The second-order valence-electron chi connectivity index (χ2n) is 7.51. The van der Waals surface area contributed by atoms with Gasteiger partial charge in [0.2, 0.25) is 5.91 Å². The minimum absolute atomic E-state index is 0.0849. The Bertz CT molecular complexity index is 893. The molecule has 8 nitrogen and oxygen atoms in total. The number of ether oxygens (including phenoxy) is 1. The fraction of sp³-hybridized carbons (Fsp3) is 0.476. The lowest BCUT2D eigenvalue weighted by molar-refractivity contribution is -0.136. The predicted molar refractivity (Wildman–Crippen MR) is 117 cm³/mol.